The molecule has 3 rings (SSSR count). The zero-order chi connectivity index (χ0) is 18.7. The first-order valence-corrected chi connectivity index (χ1v) is 11.1. The highest BCUT2D eigenvalue weighted by molar-refractivity contribution is 7.91. The van der Waals surface area contributed by atoms with Crippen molar-refractivity contribution in [2.75, 3.05) is 13.1 Å². The van der Waals surface area contributed by atoms with Crippen LogP contribution in [0.15, 0.2) is 40.6 Å². The van der Waals surface area contributed by atoms with E-state index in [0.717, 1.165) is 10.4 Å². The molecule has 1 aliphatic rings. The van der Waals surface area contributed by atoms with Crippen molar-refractivity contribution < 1.29 is 13.2 Å². The fourth-order valence-electron chi connectivity index (χ4n) is 2.99. The van der Waals surface area contributed by atoms with Gasteiger partial charge in [0, 0.05) is 29.5 Å². The molecule has 0 saturated carbocycles. The zero-order valence-corrected chi connectivity index (χ0v) is 16.8. The summed E-state index contributed by atoms with van der Waals surface area (Å²) in [6.07, 6.45) is 1.38. The van der Waals surface area contributed by atoms with Gasteiger partial charge in [-0.25, -0.2) is 8.42 Å². The number of amides is 1. The molecule has 8 heteroatoms. The molecule has 1 aromatic carbocycles. The molecule has 0 bridgehead atoms. The van der Waals surface area contributed by atoms with Gasteiger partial charge in [0.1, 0.15) is 4.21 Å². The van der Waals surface area contributed by atoms with E-state index < -0.39 is 10.0 Å². The lowest BCUT2D eigenvalue weighted by atomic mass is 9.99. The molecule has 1 aromatic heterocycles. The third kappa shape index (κ3) is 4.46. The molecule has 1 aliphatic heterocycles. The molecule has 1 saturated heterocycles. The standard InChI is InChI=1S/C18H21ClN2O3S2/c1-13-4-9-17(25-13)26(23,24)21-10-2-3-15(12-21)18(22)20-11-14-5-7-16(19)8-6-14/h4-9,15H,2-3,10-12H2,1H3,(H,20,22). The van der Waals surface area contributed by atoms with Crippen LogP contribution in [0.5, 0.6) is 0 Å². The fraction of sp³-hybridized carbons (Fsp3) is 0.389. The molecule has 1 unspecified atom stereocenters. The molecule has 0 spiro atoms. The van der Waals surface area contributed by atoms with Crippen LogP contribution >= 0.6 is 22.9 Å². The maximum Gasteiger partial charge on any atom is 0.252 e. The van der Waals surface area contributed by atoms with Crippen molar-refractivity contribution in [3.05, 3.63) is 51.9 Å². The van der Waals surface area contributed by atoms with E-state index >= 15 is 0 Å². The molecule has 0 aliphatic carbocycles. The number of piperidine rings is 1. The molecule has 1 atom stereocenters. The van der Waals surface area contributed by atoms with Gasteiger partial charge in [0.05, 0.1) is 5.92 Å². The Bertz CT molecular complexity index is 878. The summed E-state index contributed by atoms with van der Waals surface area (Å²) >= 11 is 7.12. The van der Waals surface area contributed by atoms with Gasteiger partial charge in [-0.3, -0.25) is 4.79 Å². The minimum absolute atomic E-state index is 0.109. The van der Waals surface area contributed by atoms with Gasteiger partial charge in [-0.2, -0.15) is 4.31 Å². The zero-order valence-electron chi connectivity index (χ0n) is 14.4. The van der Waals surface area contributed by atoms with Gasteiger partial charge >= 0.3 is 0 Å². The van der Waals surface area contributed by atoms with E-state index in [9.17, 15) is 13.2 Å². The summed E-state index contributed by atoms with van der Waals surface area (Å²) in [6, 6.07) is 10.7. The van der Waals surface area contributed by atoms with Crippen LogP contribution in [0.1, 0.15) is 23.3 Å². The predicted octanol–water partition coefficient (Wildman–Crippen LogP) is 3.43. The first-order chi connectivity index (χ1) is 12.4. The van der Waals surface area contributed by atoms with Crippen LogP contribution in [0.2, 0.25) is 5.02 Å². The third-order valence-electron chi connectivity index (χ3n) is 4.44. The first-order valence-electron chi connectivity index (χ1n) is 8.45. The number of halogens is 1. The largest absolute Gasteiger partial charge is 0.352 e. The lowest BCUT2D eigenvalue weighted by molar-refractivity contribution is -0.126. The van der Waals surface area contributed by atoms with Crippen LogP contribution in [0.4, 0.5) is 0 Å². The highest BCUT2D eigenvalue weighted by atomic mass is 35.5. The second-order valence-electron chi connectivity index (χ2n) is 6.41. The van der Waals surface area contributed by atoms with E-state index in [1.807, 2.05) is 19.1 Å². The van der Waals surface area contributed by atoms with E-state index in [0.29, 0.717) is 35.2 Å². The van der Waals surface area contributed by atoms with Crippen LogP contribution in [0, 0.1) is 12.8 Å². The summed E-state index contributed by atoms with van der Waals surface area (Å²) in [5.41, 5.74) is 0.956. The molecule has 1 fully saturated rings. The number of benzene rings is 1. The summed E-state index contributed by atoms with van der Waals surface area (Å²) in [4.78, 5) is 13.5. The Kier molecular flexibility index (Phi) is 6.02. The Hall–Kier alpha value is -1.41. The third-order valence-corrected chi connectivity index (χ3v) is 8.03. The molecule has 5 nitrogen and oxygen atoms in total. The van der Waals surface area contributed by atoms with Crippen LogP contribution in [-0.2, 0) is 21.4 Å². The van der Waals surface area contributed by atoms with Crippen LogP contribution in [0.3, 0.4) is 0 Å². The number of hydrogen-bond acceptors (Lipinski definition) is 4. The average Bonchev–Trinajstić information content (AvgIpc) is 3.08. The molecule has 140 valence electrons. The van der Waals surface area contributed by atoms with Crippen LogP contribution < -0.4 is 5.32 Å². The minimum Gasteiger partial charge on any atom is -0.352 e. The topological polar surface area (TPSA) is 66.5 Å². The Morgan fingerprint density at radius 3 is 2.65 bits per heavy atom. The van der Waals surface area contributed by atoms with Crippen LogP contribution in [0.25, 0.3) is 0 Å². The monoisotopic (exact) mass is 412 g/mol. The highest BCUT2D eigenvalue weighted by Gasteiger charge is 2.33. The number of sulfonamides is 1. The van der Waals surface area contributed by atoms with E-state index in [1.54, 1.807) is 24.3 Å². The lowest BCUT2D eigenvalue weighted by Gasteiger charge is -2.30. The Labute approximate surface area is 163 Å². The van der Waals surface area contributed by atoms with Crippen molar-refractivity contribution in [3.8, 4) is 0 Å². The van der Waals surface area contributed by atoms with Crippen molar-refractivity contribution in [2.45, 2.75) is 30.5 Å². The van der Waals surface area contributed by atoms with Gasteiger partial charge in [-0.05, 0) is 49.6 Å². The summed E-state index contributed by atoms with van der Waals surface area (Å²) in [7, 11) is -3.52. The quantitative estimate of drug-likeness (QED) is 0.818. The average molecular weight is 413 g/mol. The summed E-state index contributed by atoms with van der Waals surface area (Å²) < 4.78 is 27.3. The smallest absolute Gasteiger partial charge is 0.252 e. The Morgan fingerprint density at radius 2 is 2.00 bits per heavy atom. The minimum atomic E-state index is -3.52. The maximum absolute atomic E-state index is 12.8. The van der Waals surface area contributed by atoms with E-state index in [4.69, 9.17) is 11.6 Å². The number of carbonyl (C=O) groups is 1. The molecule has 1 amide bonds. The first kappa shape index (κ1) is 19.4. The summed E-state index contributed by atoms with van der Waals surface area (Å²) in [5, 5.41) is 3.55. The number of hydrogen-bond donors (Lipinski definition) is 1. The summed E-state index contributed by atoms with van der Waals surface area (Å²) in [6.45, 7) is 2.97. The van der Waals surface area contributed by atoms with Crippen molar-refractivity contribution >= 4 is 38.9 Å². The normalized spacial score (nSPS) is 18.6. The Morgan fingerprint density at radius 1 is 1.27 bits per heavy atom. The second-order valence-corrected chi connectivity index (χ2v) is 10.3. The molecule has 26 heavy (non-hydrogen) atoms. The van der Waals surface area contributed by atoms with Crippen molar-refractivity contribution in [2.24, 2.45) is 5.92 Å². The predicted molar refractivity (Wildman–Crippen MR) is 104 cm³/mol. The number of rotatable bonds is 5. The molecule has 0 radical (unpaired) electrons. The van der Waals surface area contributed by atoms with Gasteiger partial charge < -0.3 is 5.32 Å². The Balaban J connectivity index is 1.62. The molecular formula is C18H21ClN2O3S2. The van der Waals surface area contributed by atoms with Gasteiger partial charge in [0.25, 0.3) is 10.0 Å². The van der Waals surface area contributed by atoms with Crippen molar-refractivity contribution in [3.63, 3.8) is 0 Å². The highest BCUT2D eigenvalue weighted by Crippen LogP contribution is 2.28. The van der Waals surface area contributed by atoms with Gasteiger partial charge in [0.2, 0.25) is 5.91 Å². The van der Waals surface area contributed by atoms with E-state index in [-0.39, 0.29) is 18.4 Å². The van der Waals surface area contributed by atoms with Gasteiger partial charge in [-0.15, -0.1) is 11.3 Å². The number of nitrogens with zero attached hydrogens (tertiary/aromatic N) is 1. The molecule has 1 N–H and O–H groups in total. The number of aryl methyl sites for hydroxylation is 1. The van der Waals surface area contributed by atoms with Crippen molar-refractivity contribution in [1.82, 2.24) is 9.62 Å². The second kappa shape index (κ2) is 8.08. The number of carbonyl (C=O) groups excluding carboxylic acids is 1. The summed E-state index contributed by atoms with van der Waals surface area (Å²) in [5.74, 6) is -0.436. The van der Waals surface area contributed by atoms with Crippen LogP contribution in [-0.4, -0.2) is 31.7 Å². The lowest BCUT2D eigenvalue weighted by Crippen LogP contribution is -2.45. The number of nitrogens with one attached hydrogen (secondary N) is 1. The molecule has 2 heterocycles. The fourth-order valence-corrected chi connectivity index (χ4v) is 6.08. The van der Waals surface area contributed by atoms with Crippen molar-refractivity contribution in [1.29, 1.82) is 0 Å². The molecular weight excluding hydrogens is 392 g/mol. The SMILES string of the molecule is Cc1ccc(S(=O)(=O)N2CCCC(C(=O)NCc3ccc(Cl)cc3)C2)s1. The maximum atomic E-state index is 12.8. The number of thiophene rings is 1. The van der Waals surface area contributed by atoms with E-state index in [1.165, 1.54) is 15.6 Å². The van der Waals surface area contributed by atoms with E-state index in [2.05, 4.69) is 5.32 Å². The molecule has 2 aromatic rings. The van der Waals surface area contributed by atoms with Gasteiger partial charge in [-0.1, -0.05) is 23.7 Å². The van der Waals surface area contributed by atoms with Gasteiger partial charge in [0.15, 0.2) is 0 Å².